The molecule has 2 fully saturated rings. The second-order valence-electron chi connectivity index (χ2n) is 10.4. The zero-order valence-corrected chi connectivity index (χ0v) is 20.1. The Bertz CT molecular complexity index is 734. The number of carbonyl (C=O) groups is 2. The molecule has 1 atom stereocenters. The van der Waals surface area contributed by atoms with Gasteiger partial charge in [0.1, 0.15) is 11.6 Å². The van der Waals surface area contributed by atoms with Crippen molar-refractivity contribution < 1.29 is 19.1 Å². The molecule has 32 heavy (non-hydrogen) atoms. The van der Waals surface area contributed by atoms with Gasteiger partial charge in [-0.05, 0) is 83.1 Å². The largest absolute Gasteiger partial charge is 0.444 e. The van der Waals surface area contributed by atoms with E-state index in [0.29, 0.717) is 18.6 Å². The van der Waals surface area contributed by atoms with Crippen LogP contribution in [0.3, 0.4) is 0 Å². The summed E-state index contributed by atoms with van der Waals surface area (Å²) in [5, 5.41) is 2.92. The van der Waals surface area contributed by atoms with Gasteiger partial charge >= 0.3 is 6.09 Å². The topological polar surface area (TPSA) is 67.9 Å². The van der Waals surface area contributed by atoms with E-state index < -0.39 is 17.7 Å². The van der Waals surface area contributed by atoms with Crippen LogP contribution < -0.4 is 5.32 Å². The minimum Gasteiger partial charge on any atom is -0.444 e. The molecule has 0 unspecified atom stereocenters. The molecule has 6 nitrogen and oxygen atoms in total. The van der Waals surface area contributed by atoms with Crippen molar-refractivity contribution in [1.29, 1.82) is 0 Å². The van der Waals surface area contributed by atoms with Crippen LogP contribution in [0.1, 0.15) is 71.3 Å². The van der Waals surface area contributed by atoms with Crippen LogP contribution in [-0.4, -0.2) is 48.2 Å². The molecule has 2 saturated carbocycles. The van der Waals surface area contributed by atoms with E-state index >= 15 is 0 Å². The summed E-state index contributed by atoms with van der Waals surface area (Å²) in [5.74, 6) is 0.642. The summed E-state index contributed by atoms with van der Waals surface area (Å²) in [5.41, 5.74) is 0.595. The molecular weight excluding hydrogens is 404 g/mol. The standard InChI is InChI=1S/C26H40N2O4/c1-26(2,3)32-25(30)27-23(24(29)28(4)22-11-8-12-22)21-15-13-20(14-16-21)18-31-17-19-9-6-5-7-10-19/h5-7,9-10,20-23H,8,11-18H2,1-4H3,(H,27,30)/t20-,21-,23-/m0/s1. The van der Waals surface area contributed by atoms with Crippen molar-refractivity contribution in [3.8, 4) is 0 Å². The smallest absolute Gasteiger partial charge is 0.408 e. The fourth-order valence-electron chi connectivity index (χ4n) is 4.59. The maximum atomic E-state index is 13.3. The van der Waals surface area contributed by atoms with Crippen molar-refractivity contribution in [3.05, 3.63) is 35.9 Å². The highest BCUT2D eigenvalue weighted by Gasteiger charge is 2.38. The predicted molar refractivity (Wildman–Crippen MR) is 125 cm³/mol. The Morgan fingerprint density at radius 2 is 1.72 bits per heavy atom. The Balaban J connectivity index is 1.53. The third-order valence-corrected chi connectivity index (χ3v) is 6.74. The van der Waals surface area contributed by atoms with Crippen molar-refractivity contribution in [2.45, 2.75) is 90.0 Å². The first-order chi connectivity index (χ1) is 15.2. The molecule has 0 aliphatic heterocycles. The number of nitrogens with zero attached hydrogens (tertiary/aromatic N) is 1. The van der Waals surface area contributed by atoms with E-state index in [1.54, 1.807) is 0 Å². The molecule has 2 aliphatic rings. The molecule has 1 aromatic carbocycles. The molecule has 6 heteroatoms. The van der Waals surface area contributed by atoms with Crippen molar-refractivity contribution in [2.24, 2.45) is 11.8 Å². The van der Waals surface area contributed by atoms with E-state index in [1.165, 1.54) is 12.0 Å². The van der Waals surface area contributed by atoms with Crippen LogP contribution in [0.2, 0.25) is 0 Å². The molecule has 2 aliphatic carbocycles. The van der Waals surface area contributed by atoms with Crippen LogP contribution in [0.15, 0.2) is 30.3 Å². The summed E-state index contributed by atoms with van der Waals surface area (Å²) < 4.78 is 11.4. The SMILES string of the molecule is CN(C(=O)[C@@H](NC(=O)OC(C)(C)C)[C@H]1CC[C@H](COCc2ccccc2)CC1)C1CCC1. The molecule has 0 heterocycles. The van der Waals surface area contributed by atoms with E-state index in [9.17, 15) is 9.59 Å². The molecule has 0 spiro atoms. The van der Waals surface area contributed by atoms with Gasteiger partial charge in [0.05, 0.1) is 6.61 Å². The molecule has 3 rings (SSSR count). The van der Waals surface area contributed by atoms with Gasteiger partial charge in [0.2, 0.25) is 5.91 Å². The van der Waals surface area contributed by atoms with E-state index in [4.69, 9.17) is 9.47 Å². The number of carbonyl (C=O) groups excluding carboxylic acids is 2. The normalized spacial score (nSPS) is 22.5. The Morgan fingerprint density at radius 1 is 1.06 bits per heavy atom. The zero-order valence-electron chi connectivity index (χ0n) is 20.1. The van der Waals surface area contributed by atoms with Gasteiger partial charge in [-0.15, -0.1) is 0 Å². The zero-order chi connectivity index (χ0) is 23.1. The number of alkyl carbamates (subject to hydrolysis) is 1. The Morgan fingerprint density at radius 3 is 2.28 bits per heavy atom. The predicted octanol–water partition coefficient (Wildman–Crippen LogP) is 4.91. The third kappa shape index (κ3) is 7.22. The molecule has 1 N–H and O–H groups in total. The average molecular weight is 445 g/mol. The highest BCUT2D eigenvalue weighted by Crippen LogP contribution is 2.33. The van der Waals surface area contributed by atoms with Gasteiger partial charge in [-0.1, -0.05) is 30.3 Å². The Hall–Kier alpha value is -2.08. The van der Waals surface area contributed by atoms with Gasteiger partial charge in [0.25, 0.3) is 0 Å². The third-order valence-electron chi connectivity index (χ3n) is 6.74. The molecule has 0 bridgehead atoms. The molecule has 0 radical (unpaired) electrons. The van der Waals surface area contributed by atoms with Gasteiger partial charge in [-0.2, -0.15) is 0 Å². The quantitative estimate of drug-likeness (QED) is 0.618. The molecule has 178 valence electrons. The molecule has 1 aromatic rings. The molecule has 2 amide bonds. The number of rotatable bonds is 8. The van der Waals surface area contributed by atoms with E-state index in [-0.39, 0.29) is 11.8 Å². The molecule has 0 aromatic heterocycles. The van der Waals surface area contributed by atoms with Crippen LogP contribution in [0.4, 0.5) is 4.79 Å². The van der Waals surface area contributed by atoms with Crippen molar-refractivity contribution >= 4 is 12.0 Å². The van der Waals surface area contributed by atoms with Crippen LogP contribution in [0, 0.1) is 11.8 Å². The van der Waals surface area contributed by atoms with E-state index in [0.717, 1.165) is 45.1 Å². The van der Waals surface area contributed by atoms with Crippen LogP contribution >= 0.6 is 0 Å². The summed E-state index contributed by atoms with van der Waals surface area (Å²) >= 11 is 0. The summed E-state index contributed by atoms with van der Waals surface area (Å²) in [6.45, 7) is 6.88. The van der Waals surface area contributed by atoms with Gasteiger partial charge in [0.15, 0.2) is 0 Å². The van der Waals surface area contributed by atoms with Gasteiger partial charge < -0.3 is 19.7 Å². The highest BCUT2D eigenvalue weighted by molar-refractivity contribution is 5.86. The number of likely N-dealkylation sites (N-methyl/N-ethyl adjacent to an activating group) is 1. The number of ether oxygens (including phenoxy) is 2. The number of benzene rings is 1. The first-order valence-electron chi connectivity index (χ1n) is 12.1. The number of hydrogen-bond acceptors (Lipinski definition) is 4. The van der Waals surface area contributed by atoms with Crippen LogP contribution in [-0.2, 0) is 20.9 Å². The average Bonchev–Trinajstić information content (AvgIpc) is 2.70. The lowest BCUT2D eigenvalue weighted by Crippen LogP contribution is -2.55. The monoisotopic (exact) mass is 444 g/mol. The Labute approximate surface area is 193 Å². The first kappa shape index (κ1) is 24.6. The lowest BCUT2D eigenvalue weighted by atomic mass is 9.78. The minimum absolute atomic E-state index is 0.0179. The fourth-order valence-corrected chi connectivity index (χ4v) is 4.59. The van der Waals surface area contributed by atoms with Crippen molar-refractivity contribution in [3.63, 3.8) is 0 Å². The maximum absolute atomic E-state index is 13.3. The second-order valence-corrected chi connectivity index (χ2v) is 10.4. The van der Waals surface area contributed by atoms with Crippen molar-refractivity contribution in [2.75, 3.05) is 13.7 Å². The maximum Gasteiger partial charge on any atom is 0.408 e. The lowest BCUT2D eigenvalue weighted by Gasteiger charge is -2.40. The minimum atomic E-state index is -0.592. The van der Waals surface area contributed by atoms with Crippen molar-refractivity contribution in [1.82, 2.24) is 10.2 Å². The number of nitrogens with one attached hydrogen (secondary N) is 1. The summed E-state index contributed by atoms with van der Waals surface area (Å²) in [6.07, 6.45) is 6.58. The van der Waals surface area contributed by atoms with Gasteiger partial charge in [-0.25, -0.2) is 4.79 Å². The molecule has 0 saturated heterocycles. The molecular formula is C26H40N2O4. The second kappa shape index (κ2) is 11.2. The fraction of sp³-hybridized carbons (Fsp3) is 0.692. The summed E-state index contributed by atoms with van der Waals surface area (Å²) in [7, 11) is 1.87. The van der Waals surface area contributed by atoms with E-state index in [1.807, 2.05) is 50.9 Å². The van der Waals surface area contributed by atoms with Gasteiger partial charge in [0, 0.05) is 19.7 Å². The van der Waals surface area contributed by atoms with Crippen LogP contribution in [0.25, 0.3) is 0 Å². The first-order valence-corrected chi connectivity index (χ1v) is 12.1. The summed E-state index contributed by atoms with van der Waals surface area (Å²) in [6, 6.07) is 9.99. The number of amides is 2. The Kier molecular flexibility index (Phi) is 8.57. The summed E-state index contributed by atoms with van der Waals surface area (Å²) in [4.78, 5) is 27.7. The number of hydrogen-bond donors (Lipinski definition) is 1. The van der Waals surface area contributed by atoms with Crippen LogP contribution in [0.5, 0.6) is 0 Å². The highest BCUT2D eigenvalue weighted by atomic mass is 16.6. The lowest BCUT2D eigenvalue weighted by molar-refractivity contribution is -0.137. The van der Waals surface area contributed by atoms with E-state index in [2.05, 4.69) is 17.4 Å². The van der Waals surface area contributed by atoms with Gasteiger partial charge in [-0.3, -0.25) is 4.79 Å².